The molecule has 1 saturated heterocycles. The molecule has 1 aromatic carbocycles. The second-order valence-electron chi connectivity index (χ2n) is 6.13. The van der Waals surface area contributed by atoms with Crippen LogP contribution in [0.5, 0.6) is 0 Å². The average Bonchev–Trinajstić information content (AvgIpc) is 2.98. The standard InChI is InChI=1S/C16H19N3O2/c17-11-6-13(7-11)19-9-14(21-16(19)20)8-12-5-10-3-1-2-4-15(10)18-12/h1-5,11,13-14,18H,6-9,17H2. The zero-order valence-corrected chi connectivity index (χ0v) is 11.8. The van der Waals surface area contributed by atoms with Crippen molar-refractivity contribution >= 4 is 17.0 Å². The number of aromatic nitrogens is 1. The molecule has 110 valence electrons. The van der Waals surface area contributed by atoms with Gasteiger partial charge in [0.05, 0.1) is 6.54 Å². The van der Waals surface area contributed by atoms with Gasteiger partial charge in [-0.25, -0.2) is 4.79 Å². The maximum absolute atomic E-state index is 11.9. The lowest BCUT2D eigenvalue weighted by Crippen LogP contribution is -2.51. The molecule has 1 aliphatic heterocycles. The highest BCUT2D eigenvalue weighted by Crippen LogP contribution is 2.29. The molecule has 1 atom stereocenters. The number of H-pyrrole nitrogens is 1. The van der Waals surface area contributed by atoms with Crippen molar-refractivity contribution < 1.29 is 9.53 Å². The number of benzene rings is 1. The van der Waals surface area contributed by atoms with Gasteiger partial charge in [-0.1, -0.05) is 18.2 Å². The van der Waals surface area contributed by atoms with Gasteiger partial charge in [-0.15, -0.1) is 0 Å². The predicted molar refractivity (Wildman–Crippen MR) is 80.0 cm³/mol. The molecule has 1 saturated carbocycles. The molecule has 5 heteroatoms. The van der Waals surface area contributed by atoms with Gasteiger partial charge in [0.25, 0.3) is 0 Å². The topological polar surface area (TPSA) is 71.3 Å². The highest BCUT2D eigenvalue weighted by atomic mass is 16.6. The number of hydrogen-bond acceptors (Lipinski definition) is 3. The molecule has 2 fully saturated rings. The van der Waals surface area contributed by atoms with E-state index in [1.807, 2.05) is 17.0 Å². The van der Waals surface area contributed by atoms with Gasteiger partial charge < -0.3 is 20.4 Å². The van der Waals surface area contributed by atoms with Gasteiger partial charge in [-0.2, -0.15) is 0 Å². The number of carbonyl (C=O) groups is 1. The first-order valence-electron chi connectivity index (χ1n) is 7.48. The van der Waals surface area contributed by atoms with Crippen molar-refractivity contribution in [1.82, 2.24) is 9.88 Å². The third kappa shape index (κ3) is 2.27. The third-order valence-electron chi connectivity index (χ3n) is 4.53. The van der Waals surface area contributed by atoms with Crippen LogP contribution in [-0.2, 0) is 11.2 Å². The number of ether oxygens (including phenoxy) is 1. The monoisotopic (exact) mass is 285 g/mol. The molecule has 0 radical (unpaired) electrons. The number of nitrogens with two attached hydrogens (primary N) is 1. The van der Waals surface area contributed by atoms with E-state index in [-0.39, 0.29) is 24.3 Å². The SMILES string of the molecule is NC1CC(N2CC(Cc3cc4ccccc4[nH]3)OC2=O)C1. The Morgan fingerprint density at radius 1 is 1.33 bits per heavy atom. The van der Waals surface area contributed by atoms with Gasteiger partial charge in [0.15, 0.2) is 0 Å². The summed E-state index contributed by atoms with van der Waals surface area (Å²) in [5.41, 5.74) is 8.04. The molecule has 5 nitrogen and oxygen atoms in total. The quantitative estimate of drug-likeness (QED) is 0.906. The molecule has 2 heterocycles. The van der Waals surface area contributed by atoms with E-state index >= 15 is 0 Å². The fourth-order valence-corrected chi connectivity index (χ4v) is 3.32. The first kappa shape index (κ1) is 12.7. The number of nitrogens with zero attached hydrogens (tertiary/aromatic N) is 1. The van der Waals surface area contributed by atoms with Gasteiger partial charge in [0, 0.05) is 29.7 Å². The van der Waals surface area contributed by atoms with E-state index in [4.69, 9.17) is 10.5 Å². The van der Waals surface area contributed by atoms with Crippen molar-refractivity contribution in [3.05, 3.63) is 36.0 Å². The van der Waals surface area contributed by atoms with Crippen molar-refractivity contribution in [1.29, 1.82) is 0 Å². The Labute approximate surface area is 123 Å². The lowest BCUT2D eigenvalue weighted by Gasteiger charge is -2.37. The van der Waals surface area contributed by atoms with E-state index in [0.717, 1.165) is 30.5 Å². The Bertz CT molecular complexity index is 642. The van der Waals surface area contributed by atoms with Crippen LogP contribution in [0, 0.1) is 0 Å². The highest BCUT2D eigenvalue weighted by molar-refractivity contribution is 5.80. The second kappa shape index (κ2) is 4.77. The smallest absolute Gasteiger partial charge is 0.410 e. The maximum Gasteiger partial charge on any atom is 0.410 e. The summed E-state index contributed by atoms with van der Waals surface area (Å²) in [6, 6.07) is 10.8. The van der Waals surface area contributed by atoms with Gasteiger partial charge in [-0.05, 0) is 30.4 Å². The fraction of sp³-hybridized carbons (Fsp3) is 0.438. The van der Waals surface area contributed by atoms with Gasteiger partial charge in [0.2, 0.25) is 0 Å². The Morgan fingerprint density at radius 2 is 2.14 bits per heavy atom. The number of fused-ring (bicyclic) bond motifs is 1. The number of nitrogens with one attached hydrogen (secondary N) is 1. The van der Waals surface area contributed by atoms with E-state index in [1.165, 1.54) is 5.39 Å². The van der Waals surface area contributed by atoms with Gasteiger partial charge in [0.1, 0.15) is 6.10 Å². The molecule has 0 bridgehead atoms. The van der Waals surface area contributed by atoms with Crippen LogP contribution in [0.2, 0.25) is 0 Å². The summed E-state index contributed by atoms with van der Waals surface area (Å²) in [6.45, 7) is 0.672. The molecule has 4 rings (SSSR count). The Morgan fingerprint density at radius 3 is 2.90 bits per heavy atom. The van der Waals surface area contributed by atoms with E-state index in [0.29, 0.717) is 6.54 Å². The number of cyclic esters (lactones) is 1. The molecule has 0 spiro atoms. The van der Waals surface area contributed by atoms with Crippen molar-refractivity contribution in [2.75, 3.05) is 6.54 Å². The molecular weight excluding hydrogens is 266 g/mol. The number of hydrogen-bond donors (Lipinski definition) is 2. The number of carbonyl (C=O) groups excluding carboxylic acids is 1. The van der Waals surface area contributed by atoms with Crippen molar-refractivity contribution in [2.45, 2.75) is 37.5 Å². The van der Waals surface area contributed by atoms with Crippen LogP contribution in [0.25, 0.3) is 10.9 Å². The molecule has 2 aliphatic rings. The molecule has 1 unspecified atom stereocenters. The molecule has 2 aromatic rings. The van der Waals surface area contributed by atoms with Crippen LogP contribution >= 0.6 is 0 Å². The normalized spacial score (nSPS) is 28.7. The second-order valence-corrected chi connectivity index (χ2v) is 6.13. The number of rotatable bonds is 3. The zero-order chi connectivity index (χ0) is 14.4. The molecule has 1 aromatic heterocycles. The summed E-state index contributed by atoms with van der Waals surface area (Å²) in [7, 11) is 0. The number of para-hydroxylation sites is 1. The van der Waals surface area contributed by atoms with Gasteiger partial charge in [-0.3, -0.25) is 0 Å². The van der Waals surface area contributed by atoms with Crippen LogP contribution in [0.3, 0.4) is 0 Å². The lowest BCUT2D eigenvalue weighted by molar-refractivity contribution is 0.113. The maximum atomic E-state index is 11.9. The first-order chi connectivity index (χ1) is 10.2. The molecule has 21 heavy (non-hydrogen) atoms. The van der Waals surface area contributed by atoms with Gasteiger partial charge >= 0.3 is 6.09 Å². The predicted octanol–water partition coefficient (Wildman–Crippen LogP) is 2.02. The van der Waals surface area contributed by atoms with Crippen molar-refractivity contribution in [3.63, 3.8) is 0 Å². The minimum Gasteiger partial charge on any atom is -0.444 e. The summed E-state index contributed by atoms with van der Waals surface area (Å²) >= 11 is 0. The van der Waals surface area contributed by atoms with Crippen LogP contribution in [0.4, 0.5) is 4.79 Å². The first-order valence-corrected chi connectivity index (χ1v) is 7.48. The Hall–Kier alpha value is -2.01. The van der Waals surface area contributed by atoms with Crippen LogP contribution in [0.1, 0.15) is 18.5 Å². The van der Waals surface area contributed by atoms with Crippen molar-refractivity contribution in [2.24, 2.45) is 5.73 Å². The fourth-order valence-electron chi connectivity index (χ4n) is 3.32. The molecule has 1 aliphatic carbocycles. The van der Waals surface area contributed by atoms with Crippen LogP contribution in [0.15, 0.2) is 30.3 Å². The van der Waals surface area contributed by atoms with E-state index in [9.17, 15) is 4.79 Å². The van der Waals surface area contributed by atoms with Crippen molar-refractivity contribution in [3.8, 4) is 0 Å². The summed E-state index contributed by atoms with van der Waals surface area (Å²) in [5.74, 6) is 0. The molecular formula is C16H19N3O2. The summed E-state index contributed by atoms with van der Waals surface area (Å²) in [4.78, 5) is 17.2. The largest absolute Gasteiger partial charge is 0.444 e. The van der Waals surface area contributed by atoms with E-state index in [1.54, 1.807) is 0 Å². The van der Waals surface area contributed by atoms with Crippen LogP contribution < -0.4 is 5.73 Å². The lowest BCUT2D eigenvalue weighted by atomic mass is 9.86. The van der Waals surface area contributed by atoms with E-state index < -0.39 is 0 Å². The Kier molecular flexibility index (Phi) is 2.89. The summed E-state index contributed by atoms with van der Waals surface area (Å²) < 4.78 is 5.49. The average molecular weight is 285 g/mol. The molecule has 3 N–H and O–H groups in total. The van der Waals surface area contributed by atoms with Crippen LogP contribution in [-0.4, -0.2) is 40.7 Å². The molecule has 1 amide bonds. The zero-order valence-electron chi connectivity index (χ0n) is 11.8. The minimum atomic E-state index is -0.187. The Balaban J connectivity index is 1.44. The number of amides is 1. The number of aromatic amines is 1. The minimum absolute atomic E-state index is 0.0672. The summed E-state index contributed by atoms with van der Waals surface area (Å²) in [5, 5.41) is 1.19. The highest BCUT2D eigenvalue weighted by Gasteiger charge is 2.41. The third-order valence-corrected chi connectivity index (χ3v) is 4.53. The summed E-state index contributed by atoms with van der Waals surface area (Å²) in [6.07, 6.45) is 2.27. The van der Waals surface area contributed by atoms with E-state index in [2.05, 4.69) is 23.2 Å².